The van der Waals surface area contributed by atoms with E-state index in [1.807, 2.05) is 0 Å². The van der Waals surface area contributed by atoms with Crippen molar-refractivity contribution < 1.29 is 0 Å². The topological polar surface area (TPSA) is 0 Å². The highest BCUT2D eigenvalue weighted by Gasteiger charge is 2.72. The first-order valence-corrected chi connectivity index (χ1v) is 28.7. The Labute approximate surface area is 365 Å². The van der Waals surface area contributed by atoms with Gasteiger partial charge in [-0.1, -0.05) is 231 Å². The number of hydrogen-bond donors (Lipinski definition) is 0. The Kier molecular flexibility index (Phi) is 19.2. The van der Waals surface area contributed by atoms with Gasteiger partial charge in [0.2, 0.25) is 0 Å². The SMILES string of the molecule is C1CCCCCC(C23CC4(C5CCCCCCCCCCC5)CC(C5CCCCCCCCCCC5)(C2)CC(C2CCCCCCCCCCC2)(C3)C4)CCCCC1. The first-order valence-electron chi connectivity index (χ1n) is 28.7. The fourth-order valence-corrected chi connectivity index (χ4v) is 17.8. The third-order valence-electron chi connectivity index (χ3n) is 20.1. The van der Waals surface area contributed by atoms with Crippen molar-refractivity contribution in [2.24, 2.45) is 45.3 Å². The monoisotopic (exact) mass is 801 g/mol. The average Bonchev–Trinajstić information content (AvgIpc) is 3.18. The van der Waals surface area contributed by atoms with E-state index >= 15 is 0 Å². The Bertz CT molecular complexity index is 844. The average molecular weight is 801 g/mol. The second kappa shape index (κ2) is 24.2. The molecule has 0 N–H and O–H groups in total. The van der Waals surface area contributed by atoms with Gasteiger partial charge in [0.1, 0.15) is 0 Å². The molecule has 0 aromatic carbocycles. The highest BCUT2D eigenvalue weighted by molar-refractivity contribution is 5.21. The number of hydrogen-bond acceptors (Lipinski definition) is 0. The van der Waals surface area contributed by atoms with E-state index in [1.165, 1.54) is 128 Å². The Morgan fingerprint density at radius 1 is 0.138 bits per heavy atom. The smallest absolute Gasteiger partial charge is 0.0253 e. The maximum Gasteiger partial charge on any atom is -0.0253 e. The van der Waals surface area contributed by atoms with Crippen LogP contribution in [-0.2, 0) is 0 Å². The second-order valence-corrected chi connectivity index (χ2v) is 24.3. The van der Waals surface area contributed by atoms with Gasteiger partial charge in [0.25, 0.3) is 0 Å². The minimum absolute atomic E-state index is 0.663. The normalized spacial score (nSPS) is 37.7. The third-order valence-corrected chi connectivity index (χ3v) is 20.1. The van der Waals surface area contributed by atoms with Crippen LogP contribution in [0.5, 0.6) is 0 Å². The quantitative estimate of drug-likeness (QED) is 0.266. The van der Waals surface area contributed by atoms with Crippen molar-refractivity contribution in [2.45, 2.75) is 321 Å². The van der Waals surface area contributed by atoms with Crippen molar-refractivity contribution in [1.29, 1.82) is 0 Å². The minimum atomic E-state index is 0.663. The predicted octanol–water partition coefficient (Wildman–Crippen LogP) is 20.0. The summed E-state index contributed by atoms with van der Waals surface area (Å²) in [5.74, 6) is 4.15. The summed E-state index contributed by atoms with van der Waals surface area (Å²) in [6, 6.07) is 0. The molecule has 0 nitrogen and oxygen atoms in total. The van der Waals surface area contributed by atoms with Crippen LogP contribution in [0.25, 0.3) is 0 Å². The lowest BCUT2D eigenvalue weighted by Gasteiger charge is -2.76. The largest absolute Gasteiger partial charge is 0.0533 e. The van der Waals surface area contributed by atoms with Crippen LogP contribution in [0.3, 0.4) is 0 Å². The summed E-state index contributed by atoms with van der Waals surface area (Å²) in [6.45, 7) is 0. The first-order chi connectivity index (χ1) is 28.7. The maximum atomic E-state index is 1.71. The fraction of sp³-hybridized carbons (Fsp3) is 1.00. The zero-order valence-corrected chi connectivity index (χ0v) is 39.7. The molecule has 0 radical (unpaired) electrons. The third kappa shape index (κ3) is 12.6. The van der Waals surface area contributed by atoms with Gasteiger partial charge < -0.3 is 0 Å². The zero-order valence-electron chi connectivity index (χ0n) is 39.7. The molecule has 58 heavy (non-hydrogen) atoms. The summed E-state index contributed by atoms with van der Waals surface area (Å²) in [5, 5.41) is 0. The van der Waals surface area contributed by atoms with E-state index in [4.69, 9.17) is 0 Å². The molecule has 8 fully saturated rings. The van der Waals surface area contributed by atoms with Crippen LogP contribution in [0.1, 0.15) is 321 Å². The molecule has 0 amide bonds. The molecule has 4 bridgehead atoms. The van der Waals surface area contributed by atoms with E-state index in [1.54, 1.807) is 193 Å². The van der Waals surface area contributed by atoms with E-state index in [-0.39, 0.29) is 0 Å². The fourth-order valence-electron chi connectivity index (χ4n) is 17.8. The highest BCUT2D eigenvalue weighted by Crippen LogP contribution is 2.81. The van der Waals surface area contributed by atoms with Crippen LogP contribution in [-0.4, -0.2) is 0 Å². The molecule has 8 aliphatic rings. The van der Waals surface area contributed by atoms with Crippen LogP contribution in [0.2, 0.25) is 0 Å². The lowest BCUT2D eigenvalue weighted by atomic mass is 9.28. The lowest BCUT2D eigenvalue weighted by Crippen LogP contribution is -2.67. The summed E-state index contributed by atoms with van der Waals surface area (Å²) < 4.78 is 0. The Morgan fingerprint density at radius 2 is 0.241 bits per heavy atom. The van der Waals surface area contributed by atoms with Crippen LogP contribution in [0, 0.1) is 45.3 Å². The van der Waals surface area contributed by atoms with Gasteiger partial charge in [-0.3, -0.25) is 0 Å². The molecule has 8 rings (SSSR count). The molecular formula is C58H104. The van der Waals surface area contributed by atoms with Crippen LogP contribution >= 0.6 is 0 Å². The van der Waals surface area contributed by atoms with E-state index in [9.17, 15) is 0 Å². The summed E-state index contributed by atoms with van der Waals surface area (Å²) in [4.78, 5) is 0. The van der Waals surface area contributed by atoms with Crippen molar-refractivity contribution >= 4 is 0 Å². The first kappa shape index (κ1) is 46.0. The summed E-state index contributed by atoms with van der Waals surface area (Å²) in [5.41, 5.74) is 2.65. The van der Waals surface area contributed by atoms with Crippen LogP contribution in [0.4, 0.5) is 0 Å². The Hall–Kier alpha value is 0. The molecule has 0 heteroatoms. The van der Waals surface area contributed by atoms with Crippen molar-refractivity contribution in [3.05, 3.63) is 0 Å². The van der Waals surface area contributed by atoms with Gasteiger partial charge in [-0.15, -0.1) is 0 Å². The molecule has 0 saturated heterocycles. The van der Waals surface area contributed by atoms with Crippen LogP contribution < -0.4 is 0 Å². The summed E-state index contributed by atoms with van der Waals surface area (Å²) in [7, 11) is 0. The van der Waals surface area contributed by atoms with E-state index in [2.05, 4.69) is 0 Å². The van der Waals surface area contributed by atoms with Crippen LogP contribution in [0.15, 0.2) is 0 Å². The van der Waals surface area contributed by atoms with Gasteiger partial charge in [0.15, 0.2) is 0 Å². The van der Waals surface area contributed by atoms with Gasteiger partial charge in [0.05, 0.1) is 0 Å². The van der Waals surface area contributed by atoms with Crippen molar-refractivity contribution in [3.63, 3.8) is 0 Å². The lowest BCUT2D eigenvalue weighted by molar-refractivity contribution is -0.269. The molecule has 0 unspecified atom stereocenters. The van der Waals surface area contributed by atoms with E-state index in [0.717, 1.165) is 23.7 Å². The van der Waals surface area contributed by atoms with Gasteiger partial charge in [-0.05, 0) is 135 Å². The Balaban J connectivity index is 1.31. The minimum Gasteiger partial charge on any atom is -0.0533 e. The molecular weight excluding hydrogens is 697 g/mol. The molecule has 336 valence electrons. The highest BCUT2D eigenvalue weighted by atomic mass is 14.8. The standard InChI is InChI=1S/C58H104/c1-5-13-21-29-37-51(38-30-22-14-6-1)55-45-56(52-39-31-23-15-7-2-8-16-24-32-40-52)48-57(46-55,53-41-33-25-17-9-3-10-18-26-34-42-53)50-58(47-55,49-56)54-43-35-27-19-11-4-12-20-28-36-44-54/h51-54H,1-50H2. The van der Waals surface area contributed by atoms with E-state index < -0.39 is 0 Å². The van der Waals surface area contributed by atoms with Crippen molar-refractivity contribution in [1.82, 2.24) is 0 Å². The van der Waals surface area contributed by atoms with Crippen molar-refractivity contribution in [3.8, 4) is 0 Å². The predicted molar refractivity (Wildman–Crippen MR) is 255 cm³/mol. The van der Waals surface area contributed by atoms with Gasteiger partial charge >= 0.3 is 0 Å². The molecule has 0 aromatic rings. The molecule has 0 aliphatic heterocycles. The second-order valence-electron chi connectivity index (χ2n) is 24.3. The summed E-state index contributed by atoms with van der Waals surface area (Å²) >= 11 is 0. The van der Waals surface area contributed by atoms with Gasteiger partial charge in [-0.2, -0.15) is 0 Å². The molecule has 0 atom stereocenters. The molecule has 0 spiro atoms. The van der Waals surface area contributed by atoms with Gasteiger partial charge in [0, 0.05) is 0 Å². The van der Waals surface area contributed by atoms with E-state index in [0.29, 0.717) is 21.7 Å². The zero-order chi connectivity index (χ0) is 39.7. The maximum absolute atomic E-state index is 1.71. The summed E-state index contributed by atoms with van der Waals surface area (Å²) in [6.07, 6.45) is 78.5. The van der Waals surface area contributed by atoms with Crippen molar-refractivity contribution in [2.75, 3.05) is 0 Å². The molecule has 0 heterocycles. The molecule has 0 aromatic heterocycles. The van der Waals surface area contributed by atoms with Gasteiger partial charge in [-0.25, -0.2) is 0 Å². The molecule has 8 saturated carbocycles. The number of rotatable bonds is 4. The molecule has 8 aliphatic carbocycles. The Morgan fingerprint density at radius 3 is 0.362 bits per heavy atom.